The van der Waals surface area contributed by atoms with Gasteiger partial charge in [0.25, 0.3) is 0 Å². The molecule has 1 amide bonds. The van der Waals surface area contributed by atoms with Crippen molar-refractivity contribution in [2.24, 2.45) is 0 Å². The fourth-order valence-corrected chi connectivity index (χ4v) is 3.26. The Morgan fingerprint density at radius 3 is 2.83 bits per heavy atom. The van der Waals surface area contributed by atoms with Crippen LogP contribution < -0.4 is 10.2 Å². The van der Waals surface area contributed by atoms with E-state index in [0.29, 0.717) is 13.1 Å². The number of carbonyl (C=O) groups excluding carboxylic acids is 1. The molecule has 0 spiro atoms. The minimum Gasteiger partial charge on any atom is -0.377 e. The zero-order valence-electron chi connectivity index (χ0n) is 13.6. The molecule has 0 radical (unpaired) electrons. The Balaban J connectivity index is 1.64. The Bertz CT molecular complexity index is 811. The summed E-state index contributed by atoms with van der Waals surface area (Å²) in [5.74, 6) is 0.00972. The number of aromatic nitrogens is 3. The summed E-state index contributed by atoms with van der Waals surface area (Å²) in [4.78, 5) is 17.8. The number of thiazole rings is 1. The predicted octanol–water partition coefficient (Wildman–Crippen LogP) is 3.31. The van der Waals surface area contributed by atoms with E-state index in [1.807, 2.05) is 53.5 Å². The molecule has 7 heteroatoms. The van der Waals surface area contributed by atoms with Gasteiger partial charge in [-0.15, -0.1) is 11.3 Å². The lowest BCUT2D eigenvalue weighted by molar-refractivity contribution is -0.116. The highest BCUT2D eigenvalue weighted by molar-refractivity contribution is 7.14. The van der Waals surface area contributed by atoms with Crippen molar-refractivity contribution in [3.05, 3.63) is 53.8 Å². The molecule has 3 rings (SSSR count). The molecule has 0 atom stereocenters. The maximum atomic E-state index is 11.6. The number of rotatable bonds is 6. The molecule has 1 aromatic carbocycles. The number of benzene rings is 1. The first-order valence-electron chi connectivity index (χ1n) is 7.74. The van der Waals surface area contributed by atoms with Crippen LogP contribution >= 0.6 is 11.3 Å². The predicted molar refractivity (Wildman–Crippen MR) is 96.7 cm³/mol. The molecule has 0 saturated carbocycles. The summed E-state index contributed by atoms with van der Waals surface area (Å²) in [6.07, 6.45) is 3.73. The van der Waals surface area contributed by atoms with Gasteiger partial charge < -0.3 is 5.32 Å². The Kier molecular flexibility index (Phi) is 4.90. The van der Waals surface area contributed by atoms with Gasteiger partial charge in [0.2, 0.25) is 5.91 Å². The van der Waals surface area contributed by atoms with E-state index in [9.17, 15) is 4.79 Å². The summed E-state index contributed by atoms with van der Waals surface area (Å²) in [5.41, 5.74) is 2.84. The highest BCUT2D eigenvalue weighted by Gasteiger charge is 2.13. The maximum absolute atomic E-state index is 11.6. The molecule has 1 N–H and O–H groups in total. The average Bonchev–Trinajstić information content (AvgIpc) is 3.23. The van der Waals surface area contributed by atoms with E-state index in [-0.39, 0.29) is 5.91 Å². The van der Waals surface area contributed by atoms with E-state index >= 15 is 0 Å². The minimum absolute atomic E-state index is 0.00972. The molecule has 0 aliphatic carbocycles. The van der Waals surface area contributed by atoms with Crippen LogP contribution in [-0.4, -0.2) is 27.2 Å². The summed E-state index contributed by atoms with van der Waals surface area (Å²) in [5, 5.41) is 10.4. The quantitative estimate of drug-likeness (QED) is 0.747. The third-order valence-corrected chi connectivity index (χ3v) is 4.46. The number of amides is 1. The van der Waals surface area contributed by atoms with Crippen LogP contribution in [0, 0.1) is 0 Å². The largest absolute Gasteiger partial charge is 0.377 e. The van der Waals surface area contributed by atoms with Crippen LogP contribution in [0.4, 0.5) is 10.8 Å². The van der Waals surface area contributed by atoms with Crippen molar-refractivity contribution in [1.82, 2.24) is 14.8 Å². The summed E-state index contributed by atoms with van der Waals surface area (Å²) >= 11 is 1.48. The van der Waals surface area contributed by atoms with E-state index in [4.69, 9.17) is 0 Å². The number of nitrogens with one attached hydrogen (secondary N) is 1. The molecule has 6 nitrogen and oxygen atoms in total. The van der Waals surface area contributed by atoms with Crippen LogP contribution in [-0.2, 0) is 11.3 Å². The lowest BCUT2D eigenvalue weighted by atomic mass is 10.3. The third kappa shape index (κ3) is 3.62. The van der Waals surface area contributed by atoms with Crippen molar-refractivity contribution in [3.8, 4) is 5.69 Å². The van der Waals surface area contributed by atoms with Crippen molar-refractivity contribution in [2.75, 3.05) is 16.8 Å². The van der Waals surface area contributed by atoms with Gasteiger partial charge in [-0.3, -0.25) is 9.69 Å². The van der Waals surface area contributed by atoms with Crippen LogP contribution in [0.1, 0.15) is 19.5 Å². The van der Waals surface area contributed by atoms with Crippen molar-refractivity contribution in [1.29, 1.82) is 0 Å². The normalized spacial score (nSPS) is 10.6. The van der Waals surface area contributed by atoms with Crippen LogP contribution in [0.2, 0.25) is 0 Å². The molecule has 2 heterocycles. The summed E-state index contributed by atoms with van der Waals surface area (Å²) in [7, 11) is 0. The van der Waals surface area contributed by atoms with Crippen LogP contribution in [0.5, 0.6) is 0 Å². The fraction of sp³-hybridized carbons (Fsp3) is 0.235. The number of carbonyl (C=O) groups is 1. The molecule has 0 fully saturated rings. The number of hydrogen-bond donors (Lipinski definition) is 1. The number of para-hydroxylation sites is 1. The third-order valence-electron chi connectivity index (χ3n) is 3.54. The highest BCUT2D eigenvalue weighted by atomic mass is 32.1. The van der Waals surface area contributed by atoms with Crippen LogP contribution in [0.15, 0.2) is 48.1 Å². The van der Waals surface area contributed by atoms with Gasteiger partial charge in [0.05, 0.1) is 36.0 Å². The SMILES string of the molecule is CCN(C(C)=O)c1nc(CNc2cnn(-c3ccccc3)c2)cs1. The first kappa shape index (κ1) is 16.2. The van der Waals surface area contributed by atoms with Gasteiger partial charge in [-0.05, 0) is 19.1 Å². The van der Waals surface area contributed by atoms with Crippen molar-refractivity contribution < 1.29 is 4.79 Å². The molecule has 3 aromatic rings. The molecule has 0 saturated heterocycles. The Hall–Kier alpha value is -2.67. The van der Waals surface area contributed by atoms with E-state index < -0.39 is 0 Å². The van der Waals surface area contributed by atoms with Gasteiger partial charge in [-0.25, -0.2) is 9.67 Å². The number of nitrogens with zero attached hydrogens (tertiary/aromatic N) is 4. The smallest absolute Gasteiger partial charge is 0.225 e. The Labute approximate surface area is 144 Å². The van der Waals surface area contributed by atoms with E-state index in [1.54, 1.807) is 18.0 Å². The molecule has 0 aliphatic rings. The molecule has 24 heavy (non-hydrogen) atoms. The van der Waals surface area contributed by atoms with Crippen LogP contribution in [0.25, 0.3) is 5.69 Å². The fourth-order valence-electron chi connectivity index (χ4n) is 2.32. The first-order valence-corrected chi connectivity index (χ1v) is 8.62. The van der Waals surface area contributed by atoms with E-state index in [2.05, 4.69) is 15.4 Å². The molecule has 2 aromatic heterocycles. The second kappa shape index (κ2) is 7.27. The Morgan fingerprint density at radius 1 is 1.33 bits per heavy atom. The number of anilines is 2. The standard InChI is InChI=1S/C17H19N5OS/c1-3-21(13(2)23)17-20-15(12-24-17)9-18-14-10-19-22(11-14)16-7-5-4-6-8-16/h4-8,10-12,18H,3,9H2,1-2H3. The van der Waals surface area contributed by atoms with Crippen molar-refractivity contribution in [3.63, 3.8) is 0 Å². The van der Waals surface area contributed by atoms with Crippen LogP contribution in [0.3, 0.4) is 0 Å². The maximum Gasteiger partial charge on any atom is 0.225 e. The molecule has 0 unspecified atom stereocenters. The molecular formula is C17H19N5OS. The van der Waals surface area contributed by atoms with E-state index in [0.717, 1.165) is 22.2 Å². The van der Waals surface area contributed by atoms with Gasteiger partial charge in [0, 0.05) is 18.8 Å². The van der Waals surface area contributed by atoms with Gasteiger partial charge in [0.1, 0.15) is 0 Å². The zero-order valence-corrected chi connectivity index (χ0v) is 14.5. The van der Waals surface area contributed by atoms with Gasteiger partial charge >= 0.3 is 0 Å². The van der Waals surface area contributed by atoms with E-state index in [1.165, 1.54) is 11.3 Å². The monoisotopic (exact) mass is 341 g/mol. The van der Waals surface area contributed by atoms with Gasteiger partial charge in [0.15, 0.2) is 5.13 Å². The number of hydrogen-bond acceptors (Lipinski definition) is 5. The first-order chi connectivity index (χ1) is 11.7. The van der Waals surface area contributed by atoms with Crippen molar-refractivity contribution >= 4 is 28.1 Å². The lowest BCUT2D eigenvalue weighted by Gasteiger charge is -2.14. The van der Waals surface area contributed by atoms with Gasteiger partial charge in [-0.1, -0.05) is 18.2 Å². The highest BCUT2D eigenvalue weighted by Crippen LogP contribution is 2.21. The molecule has 124 valence electrons. The lowest BCUT2D eigenvalue weighted by Crippen LogP contribution is -2.27. The minimum atomic E-state index is 0.00972. The molecule has 0 bridgehead atoms. The second-order valence-corrected chi connectivity index (χ2v) is 6.08. The Morgan fingerprint density at radius 2 is 2.12 bits per heavy atom. The summed E-state index contributed by atoms with van der Waals surface area (Å²) < 4.78 is 1.82. The molecule has 0 aliphatic heterocycles. The topological polar surface area (TPSA) is 63.1 Å². The zero-order chi connectivity index (χ0) is 16.9. The molecular weight excluding hydrogens is 322 g/mol. The average molecular weight is 341 g/mol. The summed E-state index contributed by atoms with van der Waals surface area (Å²) in [6.45, 7) is 4.71. The summed E-state index contributed by atoms with van der Waals surface area (Å²) in [6, 6.07) is 9.95. The van der Waals surface area contributed by atoms with Gasteiger partial charge in [-0.2, -0.15) is 5.10 Å². The second-order valence-electron chi connectivity index (χ2n) is 5.25. The van der Waals surface area contributed by atoms with Crippen molar-refractivity contribution in [2.45, 2.75) is 20.4 Å².